The Morgan fingerprint density at radius 2 is 0.586 bits per heavy atom. The first kappa shape index (κ1) is 62.8. The van der Waals surface area contributed by atoms with E-state index in [1.165, 1.54) is 143 Å². The number of hydrogen-bond acceptors (Lipinski definition) is 4. The quantitative estimate of drug-likeness (QED) is 0.160. The van der Waals surface area contributed by atoms with Gasteiger partial charge in [-0.05, 0) is 199 Å². The number of rotatable bonds is 7. The molecule has 6 nitrogen and oxygen atoms in total. The Bertz CT molecular complexity index is 9050. The molecule has 0 N–H and O–H groups in total. The van der Waals surface area contributed by atoms with Crippen LogP contribution in [-0.4, -0.2) is 18.3 Å². The fraction of sp³-hybridized carbons (Fsp3) is 0. The molecule has 8 aromatic heterocycles. The first-order valence-electron chi connectivity index (χ1n) is 39.7. The van der Waals surface area contributed by atoms with Crippen molar-refractivity contribution in [3.63, 3.8) is 0 Å². The van der Waals surface area contributed by atoms with Crippen molar-refractivity contribution in [2.45, 2.75) is 0 Å². The van der Waals surface area contributed by atoms with Gasteiger partial charge in [0.15, 0.2) is 0 Å². The minimum atomic E-state index is 0.843. The molecule has 0 amide bonds. The van der Waals surface area contributed by atoms with Crippen molar-refractivity contribution in [1.82, 2.24) is 18.3 Å². The minimum absolute atomic E-state index is 0.843. The van der Waals surface area contributed by atoms with Gasteiger partial charge in [0.05, 0.1) is 75.7 Å². The lowest BCUT2D eigenvalue weighted by Gasteiger charge is -2.12. The van der Waals surface area contributed by atoms with Gasteiger partial charge in [-0.25, -0.2) is 0 Å². The molecule has 0 atom stereocenters. The van der Waals surface area contributed by atoms with Crippen LogP contribution in [0.1, 0.15) is 0 Å². The van der Waals surface area contributed by atoms with E-state index in [1.54, 1.807) is 0 Å². The Morgan fingerprint density at radius 3 is 1.19 bits per heavy atom. The molecule has 0 bridgehead atoms. The minimum Gasteiger partial charge on any atom is -0.456 e. The molecule has 19 aromatic carbocycles. The molecule has 0 fully saturated rings. The van der Waals surface area contributed by atoms with Crippen LogP contribution in [0.25, 0.3) is 260 Å². The van der Waals surface area contributed by atoms with Crippen molar-refractivity contribution in [3.05, 3.63) is 364 Å². The van der Waals surface area contributed by atoms with E-state index in [0.29, 0.717) is 0 Å². The number of nitrogens with zero attached hydrogens (tertiary/aromatic N) is 4. The number of para-hydroxylation sites is 4. The van der Waals surface area contributed by atoms with Crippen molar-refractivity contribution in [1.29, 1.82) is 0 Å². The van der Waals surface area contributed by atoms with Crippen LogP contribution in [0.5, 0.6) is 0 Å². The highest BCUT2D eigenvalue weighted by Crippen LogP contribution is 2.53. The molecule has 0 aliphatic rings. The van der Waals surface area contributed by atoms with Crippen molar-refractivity contribution in [2.75, 3.05) is 0 Å². The second-order valence-corrected chi connectivity index (χ2v) is 33.3. The number of thiophene rings is 2. The molecule has 0 radical (unpaired) electrons. The van der Waals surface area contributed by atoms with Gasteiger partial charge in [-0.2, -0.15) is 0 Å². The Morgan fingerprint density at radius 1 is 0.190 bits per heavy atom. The van der Waals surface area contributed by atoms with Gasteiger partial charge in [-0.15, -0.1) is 22.7 Å². The highest BCUT2D eigenvalue weighted by molar-refractivity contribution is 7.27. The van der Waals surface area contributed by atoms with Crippen LogP contribution in [0.4, 0.5) is 0 Å². The third-order valence-electron chi connectivity index (χ3n) is 25.3. The molecule has 27 aromatic rings. The summed E-state index contributed by atoms with van der Waals surface area (Å²) < 4.78 is 29.0. The number of furan rings is 2. The second kappa shape index (κ2) is 23.4. The fourth-order valence-electron chi connectivity index (χ4n) is 20.5. The third-order valence-corrected chi connectivity index (χ3v) is 27.6. The molecule has 27 rings (SSSR count). The first-order valence-corrected chi connectivity index (χ1v) is 41.3. The summed E-state index contributed by atoms with van der Waals surface area (Å²) in [6, 6.07) is 135. The lowest BCUT2D eigenvalue weighted by atomic mass is 9.94. The molecular formula is C108H60N4O2S2. The van der Waals surface area contributed by atoms with Gasteiger partial charge in [0, 0.05) is 96.2 Å². The molecule has 0 saturated heterocycles. The lowest BCUT2D eigenvalue weighted by Crippen LogP contribution is -1.95. The SMILES string of the molecule is c1ccc(-n2c3ccc(-c4ccc5oc6cccc(-n7c8ccccc8c8c9ccccc9c9c%10ccccc%10sc9c87)c6c5c4)cc3c3c4cccc(-c5ccc6c7ccccc7n(-c7cccc8oc9ccc(-c%10ccc%11c(c%10)c%10c%12ccccc%12c%12c%13ccccc%13sc%12c%10n%11-c%10ccccc%10)cc9c78)c6c5)c4ccc32)cc1. The molecular weight excluding hydrogens is 1450 g/mol. The van der Waals surface area contributed by atoms with Crippen LogP contribution in [-0.2, 0) is 0 Å². The van der Waals surface area contributed by atoms with Gasteiger partial charge >= 0.3 is 0 Å². The van der Waals surface area contributed by atoms with E-state index in [9.17, 15) is 0 Å². The van der Waals surface area contributed by atoms with Crippen molar-refractivity contribution >= 4 is 226 Å². The summed E-state index contributed by atoms with van der Waals surface area (Å²) in [5.41, 5.74) is 24.0. The molecule has 8 heterocycles. The number of aromatic nitrogens is 4. The smallest absolute Gasteiger partial charge is 0.137 e. The summed E-state index contributed by atoms with van der Waals surface area (Å²) in [7, 11) is 0. The molecule has 536 valence electrons. The van der Waals surface area contributed by atoms with Crippen LogP contribution >= 0.6 is 22.7 Å². The summed E-state index contributed by atoms with van der Waals surface area (Å²) in [5.74, 6) is 0. The van der Waals surface area contributed by atoms with Crippen molar-refractivity contribution in [3.8, 4) is 56.1 Å². The monoisotopic (exact) mass is 1510 g/mol. The summed E-state index contributed by atoms with van der Waals surface area (Å²) in [5, 5.41) is 26.8. The van der Waals surface area contributed by atoms with E-state index >= 15 is 0 Å². The normalized spacial score (nSPS) is 12.5. The van der Waals surface area contributed by atoms with Gasteiger partial charge in [0.1, 0.15) is 22.3 Å². The average molecular weight is 1510 g/mol. The predicted octanol–water partition coefficient (Wildman–Crippen LogP) is 31.1. The summed E-state index contributed by atoms with van der Waals surface area (Å²) in [4.78, 5) is 0. The van der Waals surface area contributed by atoms with E-state index in [-0.39, 0.29) is 0 Å². The summed E-state index contributed by atoms with van der Waals surface area (Å²) in [6.07, 6.45) is 0. The van der Waals surface area contributed by atoms with E-state index in [1.807, 2.05) is 22.7 Å². The standard InChI is InChI=1S/C108H60N4O2S2/c1-3-22-66(23-4-1)109-86-51-45-61(63-47-55-93-83(59-63)104-89(39-21-41-95(104)114-93)112-85-37-16-12-31-77(85)99-73-27-7-9-29-75(73)102-79-33-14-18-43-97(79)116-108(102)106(99)112)56-80(86)98-72-35-19-34-68(69(72)50-53-90(98)109)65-44-49-71-70-26-11-15-36-84(70)111(91(71)60-65)88-38-20-40-94-103(88)82-58-64(48-54-92(82)113-94)62-46-52-87-81(57-62)100-74-28-8-10-30-76(74)101-78-32-13-17-42-96(78)115-107(101)105(100)110(87)67-24-5-2-6-25-67/h1-60H. The fourth-order valence-corrected chi connectivity index (χ4v) is 23.0. The van der Waals surface area contributed by atoms with E-state index in [2.05, 4.69) is 382 Å². The molecule has 0 aliphatic carbocycles. The topological polar surface area (TPSA) is 46.0 Å². The predicted molar refractivity (Wildman–Crippen MR) is 493 cm³/mol. The van der Waals surface area contributed by atoms with Gasteiger partial charge < -0.3 is 27.1 Å². The molecule has 0 unspecified atom stereocenters. The van der Waals surface area contributed by atoms with Crippen LogP contribution in [0.2, 0.25) is 0 Å². The van der Waals surface area contributed by atoms with E-state index < -0.39 is 0 Å². The van der Waals surface area contributed by atoms with E-state index in [4.69, 9.17) is 8.83 Å². The Hall–Kier alpha value is -14.8. The Kier molecular flexibility index (Phi) is 12.7. The number of benzene rings is 19. The van der Waals surface area contributed by atoms with Crippen LogP contribution in [0.15, 0.2) is 373 Å². The Labute approximate surface area is 668 Å². The highest BCUT2D eigenvalue weighted by atomic mass is 32.1. The van der Waals surface area contributed by atoms with Crippen LogP contribution in [0, 0.1) is 0 Å². The maximum absolute atomic E-state index is 6.95. The van der Waals surface area contributed by atoms with Crippen LogP contribution < -0.4 is 0 Å². The third kappa shape index (κ3) is 8.51. The number of fused-ring (bicyclic) bond motifs is 34. The summed E-state index contributed by atoms with van der Waals surface area (Å²) >= 11 is 3.79. The zero-order valence-corrected chi connectivity index (χ0v) is 63.7. The zero-order valence-electron chi connectivity index (χ0n) is 62.1. The maximum atomic E-state index is 6.95. The average Bonchev–Trinajstić information content (AvgIpc) is 1.55. The molecule has 116 heavy (non-hydrogen) atoms. The van der Waals surface area contributed by atoms with E-state index in [0.717, 1.165) is 117 Å². The van der Waals surface area contributed by atoms with Gasteiger partial charge in [-0.1, -0.05) is 231 Å². The highest BCUT2D eigenvalue weighted by Gasteiger charge is 2.28. The van der Waals surface area contributed by atoms with Crippen molar-refractivity contribution < 1.29 is 8.83 Å². The number of hydrogen-bond donors (Lipinski definition) is 0. The molecule has 0 saturated carbocycles. The lowest BCUT2D eigenvalue weighted by molar-refractivity contribution is 0.668. The largest absolute Gasteiger partial charge is 0.456 e. The van der Waals surface area contributed by atoms with Gasteiger partial charge in [0.2, 0.25) is 0 Å². The zero-order chi connectivity index (χ0) is 75.3. The van der Waals surface area contributed by atoms with Crippen molar-refractivity contribution in [2.24, 2.45) is 0 Å². The van der Waals surface area contributed by atoms with Crippen LogP contribution in [0.3, 0.4) is 0 Å². The Balaban J connectivity index is 0.620. The first-order chi connectivity index (χ1) is 57.6. The van der Waals surface area contributed by atoms with Gasteiger partial charge in [-0.3, -0.25) is 0 Å². The molecule has 0 aliphatic heterocycles. The maximum Gasteiger partial charge on any atom is 0.137 e. The molecule has 8 heteroatoms. The molecule has 0 spiro atoms. The summed E-state index contributed by atoms with van der Waals surface area (Å²) in [6.45, 7) is 0. The van der Waals surface area contributed by atoms with Gasteiger partial charge in [0.25, 0.3) is 0 Å². The second-order valence-electron chi connectivity index (χ2n) is 31.2.